The lowest BCUT2D eigenvalue weighted by molar-refractivity contribution is -0.164. The van der Waals surface area contributed by atoms with Gasteiger partial charge in [-0.3, -0.25) is 9.59 Å². The average molecular weight is 609 g/mol. The summed E-state index contributed by atoms with van der Waals surface area (Å²) in [6.07, 6.45) is -0.390. The van der Waals surface area contributed by atoms with Crippen molar-refractivity contribution in [3.05, 3.63) is 70.8 Å². The lowest BCUT2D eigenvalue weighted by Crippen LogP contribution is -2.54. The summed E-state index contributed by atoms with van der Waals surface area (Å²) in [7, 11) is 0. The second-order valence-electron chi connectivity index (χ2n) is 12.3. The number of ether oxygens (including phenoxy) is 1. The molecule has 2 aromatic rings. The number of carboxylic acid groups (broad SMARTS) is 1. The number of nitrogens with one attached hydrogen (secondary N) is 1. The van der Waals surface area contributed by atoms with E-state index in [9.17, 15) is 36.6 Å². The second-order valence-corrected chi connectivity index (χ2v) is 12.3. The molecule has 2 aliphatic heterocycles. The van der Waals surface area contributed by atoms with Gasteiger partial charge in [0.25, 0.3) is 5.91 Å². The monoisotopic (exact) mass is 608 g/mol. The molecule has 11 heteroatoms. The smallest absolute Gasteiger partial charge is 0.416 e. The molecular weight excluding hydrogens is 571 g/mol. The number of carbonyl (C=O) groups excluding carboxylic acids is 1. The van der Waals surface area contributed by atoms with Crippen molar-refractivity contribution in [2.45, 2.75) is 69.2 Å². The highest BCUT2D eigenvalue weighted by molar-refractivity contribution is 5.86. The highest BCUT2D eigenvalue weighted by Gasteiger charge is 2.53. The number of hydrogen-bond donors (Lipinski definition) is 2. The fourth-order valence-electron chi connectivity index (χ4n) is 6.86. The topological polar surface area (TPSA) is 78.9 Å². The molecule has 2 aromatic carbocycles. The Balaban J connectivity index is 1.18. The first-order chi connectivity index (χ1) is 20.4. The lowest BCUT2D eigenvalue weighted by Gasteiger charge is -2.43. The van der Waals surface area contributed by atoms with Crippen LogP contribution in [-0.2, 0) is 27.0 Å². The maximum atomic E-state index is 13.8. The summed E-state index contributed by atoms with van der Waals surface area (Å²) in [5.41, 5.74) is -1.10. The van der Waals surface area contributed by atoms with Crippen molar-refractivity contribution in [3.8, 4) is 0 Å². The van der Waals surface area contributed by atoms with Gasteiger partial charge >= 0.3 is 12.1 Å². The first-order valence-electron chi connectivity index (χ1n) is 14.9. The number of nitrogens with zero attached hydrogens (tertiary/aromatic N) is 1. The van der Waals surface area contributed by atoms with E-state index in [2.05, 4.69) is 10.2 Å². The van der Waals surface area contributed by atoms with Crippen molar-refractivity contribution < 1.29 is 41.4 Å². The van der Waals surface area contributed by atoms with E-state index in [4.69, 9.17) is 4.74 Å². The average Bonchev–Trinajstić information content (AvgIpc) is 3.81. The van der Waals surface area contributed by atoms with Crippen LogP contribution in [0.15, 0.2) is 42.5 Å². The molecule has 3 aliphatic rings. The summed E-state index contributed by atoms with van der Waals surface area (Å²) in [4.78, 5) is 27.0. The first kappa shape index (κ1) is 31.4. The highest BCUT2D eigenvalue weighted by atomic mass is 19.4. The minimum absolute atomic E-state index is 0.0294. The highest BCUT2D eigenvalue weighted by Crippen LogP contribution is 2.48. The number of piperidine rings is 1. The van der Waals surface area contributed by atoms with Gasteiger partial charge < -0.3 is 20.1 Å². The van der Waals surface area contributed by atoms with Crippen LogP contribution in [-0.4, -0.2) is 53.7 Å². The fraction of sp³-hybridized carbons (Fsp3) is 0.562. The van der Waals surface area contributed by atoms with E-state index in [1.807, 2.05) is 0 Å². The van der Waals surface area contributed by atoms with Crippen LogP contribution in [0.4, 0.5) is 22.0 Å². The number of carboxylic acids is 1. The number of rotatable bonds is 10. The van der Waals surface area contributed by atoms with Gasteiger partial charge in [-0.05, 0) is 110 Å². The zero-order chi connectivity index (χ0) is 30.8. The normalized spacial score (nSPS) is 26.7. The summed E-state index contributed by atoms with van der Waals surface area (Å²) in [6, 6.07) is 8.70. The van der Waals surface area contributed by atoms with Gasteiger partial charge in [-0.2, -0.15) is 13.2 Å². The number of aliphatic carboxylic acids is 1. The van der Waals surface area contributed by atoms with Crippen molar-refractivity contribution in [1.82, 2.24) is 10.2 Å². The summed E-state index contributed by atoms with van der Waals surface area (Å²) in [5.74, 6) is -2.07. The molecule has 5 rings (SSSR count). The summed E-state index contributed by atoms with van der Waals surface area (Å²) < 4.78 is 72.9. The van der Waals surface area contributed by atoms with Gasteiger partial charge in [0.05, 0.1) is 12.2 Å². The van der Waals surface area contributed by atoms with Crippen LogP contribution < -0.4 is 5.32 Å². The number of amides is 1. The summed E-state index contributed by atoms with van der Waals surface area (Å²) in [6.45, 7) is 2.39. The third-order valence-electron chi connectivity index (χ3n) is 9.22. The molecule has 2 saturated heterocycles. The number of likely N-dealkylation sites (tertiary alicyclic amines) is 1. The second kappa shape index (κ2) is 12.9. The van der Waals surface area contributed by atoms with Crippen molar-refractivity contribution in [3.63, 3.8) is 0 Å². The molecule has 1 unspecified atom stereocenters. The summed E-state index contributed by atoms with van der Waals surface area (Å²) in [5, 5.41) is 12.0. The minimum Gasteiger partial charge on any atom is -0.481 e. The van der Waals surface area contributed by atoms with E-state index in [1.54, 1.807) is 12.1 Å². The molecule has 43 heavy (non-hydrogen) atoms. The molecule has 0 spiro atoms. The Hall–Kier alpha value is -3.05. The Morgan fingerprint density at radius 3 is 2.40 bits per heavy atom. The zero-order valence-electron chi connectivity index (χ0n) is 23.8. The molecule has 4 atom stereocenters. The van der Waals surface area contributed by atoms with E-state index in [1.165, 1.54) is 12.1 Å². The maximum Gasteiger partial charge on any atom is 0.416 e. The van der Waals surface area contributed by atoms with Crippen LogP contribution in [0.25, 0.3) is 0 Å². The molecule has 3 fully saturated rings. The van der Waals surface area contributed by atoms with Crippen LogP contribution in [0.3, 0.4) is 0 Å². The standard InChI is InChI=1S/C32H37F5N2O4/c33-26-6-1-22(2-7-26)28-10-12-39(18-23(28)3-8-29(40)41)17-20-9-11-31(43-19-20,24-4-5-24)30(42)38-16-21-13-25(32(35,36)37)15-27(34)14-21/h1-2,6-7,13-15,20,23-24,28H,3-5,8-12,16-19H2,(H,38,42)(H,40,41)/t20-,23?,28+,31-/m0/s1. The van der Waals surface area contributed by atoms with Gasteiger partial charge in [0.2, 0.25) is 0 Å². The SMILES string of the molecule is O=C(O)CCC1CN(C[C@@H]2CC[C@@](C(=O)NCc3cc(F)cc(C(F)(F)F)c3)(C3CC3)OC2)CC[C@@H]1c1ccc(F)cc1. The van der Waals surface area contributed by atoms with Crippen LogP contribution >= 0.6 is 0 Å². The minimum atomic E-state index is -4.69. The van der Waals surface area contributed by atoms with Crippen molar-refractivity contribution >= 4 is 11.9 Å². The third-order valence-corrected chi connectivity index (χ3v) is 9.22. The van der Waals surface area contributed by atoms with Crippen LogP contribution in [0.2, 0.25) is 0 Å². The van der Waals surface area contributed by atoms with E-state index in [-0.39, 0.29) is 53.9 Å². The maximum absolute atomic E-state index is 13.8. The Morgan fingerprint density at radius 2 is 1.77 bits per heavy atom. The fourth-order valence-corrected chi connectivity index (χ4v) is 6.86. The molecule has 1 aliphatic carbocycles. The molecule has 1 amide bonds. The van der Waals surface area contributed by atoms with E-state index in [0.29, 0.717) is 32.1 Å². The number of halogens is 5. The molecule has 2 heterocycles. The summed E-state index contributed by atoms with van der Waals surface area (Å²) >= 11 is 0. The molecule has 1 saturated carbocycles. The van der Waals surface area contributed by atoms with Gasteiger partial charge in [0.1, 0.15) is 17.2 Å². The van der Waals surface area contributed by atoms with Gasteiger partial charge in [-0.25, -0.2) is 8.78 Å². The predicted octanol–water partition coefficient (Wildman–Crippen LogP) is 6.15. The number of hydrogen-bond acceptors (Lipinski definition) is 4. The Kier molecular flexibility index (Phi) is 9.41. The zero-order valence-corrected chi connectivity index (χ0v) is 23.8. The van der Waals surface area contributed by atoms with Gasteiger partial charge in [0.15, 0.2) is 0 Å². The van der Waals surface area contributed by atoms with E-state index in [0.717, 1.165) is 56.5 Å². The molecule has 6 nitrogen and oxygen atoms in total. The Bertz CT molecular complexity index is 1290. The molecule has 0 aromatic heterocycles. The molecule has 234 valence electrons. The van der Waals surface area contributed by atoms with E-state index >= 15 is 0 Å². The number of carbonyl (C=O) groups is 2. The van der Waals surface area contributed by atoms with Gasteiger partial charge in [-0.1, -0.05) is 12.1 Å². The predicted molar refractivity (Wildman–Crippen MR) is 148 cm³/mol. The van der Waals surface area contributed by atoms with Crippen LogP contribution in [0.1, 0.15) is 67.6 Å². The Morgan fingerprint density at radius 1 is 1.02 bits per heavy atom. The van der Waals surface area contributed by atoms with Crippen LogP contribution in [0.5, 0.6) is 0 Å². The van der Waals surface area contributed by atoms with Gasteiger partial charge in [0, 0.05) is 26.1 Å². The molecule has 0 bridgehead atoms. The molecule has 0 radical (unpaired) electrons. The van der Waals surface area contributed by atoms with E-state index < -0.39 is 29.1 Å². The van der Waals surface area contributed by atoms with Crippen LogP contribution in [0, 0.1) is 29.4 Å². The van der Waals surface area contributed by atoms with Gasteiger partial charge in [-0.15, -0.1) is 0 Å². The quantitative estimate of drug-likeness (QED) is 0.317. The number of benzene rings is 2. The number of alkyl halides is 3. The van der Waals surface area contributed by atoms with Crippen molar-refractivity contribution in [2.24, 2.45) is 17.8 Å². The van der Waals surface area contributed by atoms with Crippen molar-refractivity contribution in [1.29, 1.82) is 0 Å². The molecule has 2 N–H and O–H groups in total. The largest absolute Gasteiger partial charge is 0.481 e. The van der Waals surface area contributed by atoms with Crippen molar-refractivity contribution in [2.75, 3.05) is 26.2 Å². The molecular formula is C32H37F5N2O4. The lowest BCUT2D eigenvalue weighted by atomic mass is 9.77. The Labute approximate surface area is 247 Å². The third kappa shape index (κ3) is 7.73. The first-order valence-corrected chi connectivity index (χ1v) is 14.9.